The van der Waals surface area contributed by atoms with Crippen molar-refractivity contribution in [3.63, 3.8) is 0 Å². The molecule has 0 aromatic heterocycles. The molecule has 35 heavy (non-hydrogen) atoms. The molecular formula is C24H28Cl3N3O4S. The van der Waals surface area contributed by atoms with E-state index in [9.17, 15) is 13.2 Å². The molecule has 2 aromatic carbocycles. The topological polar surface area (TPSA) is 79.0 Å². The first-order chi connectivity index (χ1) is 16.7. The number of nitrogens with zero attached hydrogens (tertiary/aromatic N) is 2. The van der Waals surface area contributed by atoms with Crippen LogP contribution >= 0.6 is 34.8 Å². The highest BCUT2D eigenvalue weighted by molar-refractivity contribution is 7.90. The number of sulfonamides is 1. The molecule has 7 nitrogen and oxygen atoms in total. The fraction of sp³-hybridized carbons (Fsp3) is 0.458. The van der Waals surface area contributed by atoms with Gasteiger partial charge in [-0.2, -0.15) is 0 Å². The Balaban J connectivity index is 1.25. The fourth-order valence-corrected chi connectivity index (χ4v) is 6.50. The van der Waals surface area contributed by atoms with Gasteiger partial charge in [0.2, 0.25) is 0 Å². The lowest BCUT2D eigenvalue weighted by molar-refractivity contribution is 0.0540. The zero-order chi connectivity index (χ0) is 25.2. The zero-order valence-electron chi connectivity index (χ0n) is 19.3. The van der Waals surface area contributed by atoms with Crippen LogP contribution in [0.5, 0.6) is 5.75 Å². The average molecular weight is 561 g/mol. The van der Waals surface area contributed by atoms with E-state index in [1.54, 1.807) is 23.1 Å². The molecule has 2 aliphatic rings. The fourth-order valence-electron chi connectivity index (χ4n) is 4.60. The van der Waals surface area contributed by atoms with Gasteiger partial charge >= 0.3 is 6.03 Å². The summed E-state index contributed by atoms with van der Waals surface area (Å²) in [6, 6.07) is 9.40. The summed E-state index contributed by atoms with van der Waals surface area (Å²) in [5, 5.41) is 1.26. The number of carbonyl (C=O) groups is 1. The molecule has 0 saturated carbocycles. The number of amides is 2. The van der Waals surface area contributed by atoms with E-state index in [-0.39, 0.29) is 16.0 Å². The maximum Gasteiger partial charge on any atom is 0.331 e. The number of halogens is 3. The molecule has 0 atom stereocenters. The lowest BCUT2D eigenvalue weighted by Gasteiger charge is -2.41. The average Bonchev–Trinajstić information content (AvgIpc) is 2.85. The quantitative estimate of drug-likeness (QED) is 0.533. The van der Waals surface area contributed by atoms with Crippen molar-refractivity contribution in [2.75, 3.05) is 26.2 Å². The summed E-state index contributed by atoms with van der Waals surface area (Å²) < 4.78 is 33.4. The molecule has 2 aromatic rings. The van der Waals surface area contributed by atoms with Gasteiger partial charge in [0.1, 0.15) is 16.7 Å². The first-order valence-corrected chi connectivity index (χ1v) is 14.2. The first-order valence-electron chi connectivity index (χ1n) is 11.6. The molecule has 2 saturated heterocycles. The SMILES string of the molecule is Cc1c(Cl)ccc(OC2CCN(C3CCN(C(=O)NS(=O)(=O)c4ccccc4Cl)CC3)CC2)c1Cl. The summed E-state index contributed by atoms with van der Waals surface area (Å²) in [4.78, 5) is 16.5. The Labute approximate surface area is 221 Å². The molecule has 0 spiro atoms. The lowest BCUT2D eigenvalue weighted by atomic mass is 9.99. The maximum atomic E-state index is 12.6. The highest BCUT2D eigenvalue weighted by Crippen LogP contribution is 2.34. The normalized spacial score (nSPS) is 18.5. The van der Waals surface area contributed by atoms with Gasteiger partial charge in [-0.3, -0.25) is 4.90 Å². The number of carbonyl (C=O) groups excluding carboxylic acids is 1. The van der Waals surface area contributed by atoms with Crippen LogP contribution in [0.2, 0.25) is 15.1 Å². The van der Waals surface area contributed by atoms with Gasteiger partial charge in [0.05, 0.1) is 10.0 Å². The van der Waals surface area contributed by atoms with E-state index in [4.69, 9.17) is 39.5 Å². The van der Waals surface area contributed by atoms with Gasteiger partial charge in [0.15, 0.2) is 0 Å². The minimum Gasteiger partial charge on any atom is -0.489 e. The number of benzene rings is 2. The van der Waals surface area contributed by atoms with Crippen LogP contribution < -0.4 is 9.46 Å². The zero-order valence-corrected chi connectivity index (χ0v) is 22.4. The van der Waals surface area contributed by atoms with Crippen LogP contribution in [0.3, 0.4) is 0 Å². The van der Waals surface area contributed by atoms with E-state index in [0.29, 0.717) is 34.9 Å². The highest BCUT2D eigenvalue weighted by Gasteiger charge is 2.32. The molecule has 11 heteroatoms. The number of urea groups is 1. The molecule has 2 fully saturated rings. The number of piperidine rings is 2. The second-order valence-electron chi connectivity index (χ2n) is 8.90. The van der Waals surface area contributed by atoms with Gasteiger partial charge in [0.25, 0.3) is 10.0 Å². The van der Waals surface area contributed by atoms with Gasteiger partial charge in [-0.25, -0.2) is 17.9 Å². The molecule has 0 aliphatic carbocycles. The van der Waals surface area contributed by atoms with E-state index < -0.39 is 16.1 Å². The summed E-state index contributed by atoms with van der Waals surface area (Å²) in [7, 11) is -4.03. The molecule has 2 heterocycles. The van der Waals surface area contributed by atoms with Crippen molar-refractivity contribution >= 4 is 50.9 Å². The van der Waals surface area contributed by atoms with Crippen LogP contribution in [0.25, 0.3) is 0 Å². The summed E-state index contributed by atoms with van der Waals surface area (Å²) in [5.41, 5.74) is 0.818. The second kappa shape index (κ2) is 11.1. The summed E-state index contributed by atoms with van der Waals surface area (Å²) in [5.74, 6) is 0.665. The van der Waals surface area contributed by atoms with E-state index in [1.807, 2.05) is 13.0 Å². The summed E-state index contributed by atoms with van der Waals surface area (Å²) >= 11 is 18.5. The Morgan fingerprint density at radius 2 is 1.60 bits per heavy atom. The number of rotatable bonds is 5. The van der Waals surface area contributed by atoms with Crippen molar-refractivity contribution in [1.82, 2.24) is 14.5 Å². The van der Waals surface area contributed by atoms with E-state index >= 15 is 0 Å². The summed E-state index contributed by atoms with van der Waals surface area (Å²) in [6.07, 6.45) is 3.43. The number of ether oxygens (including phenoxy) is 1. The third-order valence-electron chi connectivity index (χ3n) is 6.67. The van der Waals surface area contributed by atoms with Gasteiger partial charge in [-0.05, 0) is 62.4 Å². The van der Waals surface area contributed by atoms with E-state index in [1.165, 1.54) is 12.1 Å². The Hall–Kier alpha value is -1.71. The Bertz CT molecular complexity index is 1180. The number of hydrogen-bond acceptors (Lipinski definition) is 5. The molecule has 4 rings (SSSR count). The van der Waals surface area contributed by atoms with Crippen molar-refractivity contribution in [3.05, 3.63) is 57.0 Å². The van der Waals surface area contributed by atoms with Crippen LogP contribution in [0.15, 0.2) is 41.3 Å². The van der Waals surface area contributed by atoms with Crippen molar-refractivity contribution in [2.24, 2.45) is 0 Å². The minimum absolute atomic E-state index is 0.0763. The van der Waals surface area contributed by atoms with Crippen molar-refractivity contribution in [3.8, 4) is 5.75 Å². The summed E-state index contributed by atoms with van der Waals surface area (Å²) in [6.45, 7) is 4.65. The highest BCUT2D eigenvalue weighted by atomic mass is 35.5. The molecule has 0 unspecified atom stereocenters. The van der Waals surface area contributed by atoms with Gasteiger partial charge in [0, 0.05) is 37.2 Å². The van der Waals surface area contributed by atoms with Crippen LogP contribution in [0, 0.1) is 6.92 Å². The molecule has 190 valence electrons. The van der Waals surface area contributed by atoms with Crippen molar-refractivity contribution < 1.29 is 17.9 Å². The first kappa shape index (κ1) is 26.4. The monoisotopic (exact) mass is 559 g/mol. The number of nitrogens with one attached hydrogen (secondary N) is 1. The smallest absolute Gasteiger partial charge is 0.331 e. The van der Waals surface area contributed by atoms with Gasteiger partial charge in [-0.1, -0.05) is 46.9 Å². The Morgan fingerprint density at radius 1 is 0.943 bits per heavy atom. The number of likely N-dealkylation sites (tertiary alicyclic amines) is 2. The third kappa shape index (κ3) is 6.17. The van der Waals surface area contributed by atoms with Crippen molar-refractivity contribution in [1.29, 1.82) is 0 Å². The third-order valence-corrected chi connectivity index (χ3v) is 9.37. The molecule has 2 amide bonds. The molecule has 0 radical (unpaired) electrons. The number of hydrogen-bond donors (Lipinski definition) is 1. The second-order valence-corrected chi connectivity index (χ2v) is 11.7. The standard InChI is InChI=1S/C24H28Cl3N3O4S/c1-16-19(25)6-7-21(23(16)27)34-18-10-14-29(15-11-18)17-8-12-30(13-9-17)24(31)28-35(32,33)22-5-3-2-4-20(22)26/h2-7,17-18H,8-15H2,1H3,(H,28,31). The maximum absolute atomic E-state index is 12.6. The van der Waals surface area contributed by atoms with Gasteiger partial charge < -0.3 is 9.64 Å². The van der Waals surface area contributed by atoms with Crippen LogP contribution in [0.1, 0.15) is 31.2 Å². The predicted octanol–water partition coefficient (Wildman–Crippen LogP) is 5.36. The van der Waals surface area contributed by atoms with E-state index in [2.05, 4.69) is 9.62 Å². The minimum atomic E-state index is -4.03. The lowest BCUT2D eigenvalue weighted by Crippen LogP contribution is -2.52. The molecule has 0 bridgehead atoms. The molecular weight excluding hydrogens is 533 g/mol. The molecule has 1 N–H and O–H groups in total. The Kier molecular flexibility index (Phi) is 8.38. The Morgan fingerprint density at radius 3 is 2.26 bits per heavy atom. The van der Waals surface area contributed by atoms with Crippen LogP contribution in [-0.4, -0.2) is 62.6 Å². The predicted molar refractivity (Wildman–Crippen MR) is 138 cm³/mol. The van der Waals surface area contributed by atoms with Gasteiger partial charge in [-0.15, -0.1) is 0 Å². The van der Waals surface area contributed by atoms with E-state index in [0.717, 1.165) is 44.3 Å². The molecule has 2 aliphatic heterocycles. The van der Waals surface area contributed by atoms with Crippen LogP contribution in [0.4, 0.5) is 4.79 Å². The largest absolute Gasteiger partial charge is 0.489 e. The van der Waals surface area contributed by atoms with Crippen LogP contribution in [-0.2, 0) is 10.0 Å². The van der Waals surface area contributed by atoms with Crippen molar-refractivity contribution in [2.45, 2.75) is 49.6 Å².